The molecule has 22 heavy (non-hydrogen) atoms. The van der Waals surface area contributed by atoms with Crippen molar-refractivity contribution in [1.82, 2.24) is 4.90 Å². The fraction of sp³-hybridized carbons (Fsp3) is 0.143. The third kappa shape index (κ3) is 3.36. The predicted molar refractivity (Wildman–Crippen MR) is 72.2 cm³/mol. The van der Waals surface area contributed by atoms with Crippen molar-refractivity contribution in [1.29, 1.82) is 0 Å². The van der Waals surface area contributed by atoms with Crippen molar-refractivity contribution in [2.24, 2.45) is 0 Å². The second-order valence-corrected chi connectivity index (χ2v) is 4.13. The third-order valence-corrected chi connectivity index (χ3v) is 2.96. The van der Waals surface area contributed by atoms with Crippen LogP contribution in [0.5, 0.6) is 5.75 Å². The molecule has 0 spiro atoms. The molecule has 0 saturated carbocycles. The van der Waals surface area contributed by atoms with E-state index in [2.05, 4.69) is 11.3 Å². The van der Waals surface area contributed by atoms with Crippen LogP contribution in [0.4, 0.5) is 10.5 Å². The second kappa shape index (κ2) is 7.79. The van der Waals surface area contributed by atoms with Crippen molar-refractivity contribution in [3.63, 3.8) is 0 Å². The molecule has 1 fully saturated rings. The van der Waals surface area contributed by atoms with Crippen LogP contribution in [0.25, 0.3) is 0 Å². The zero-order valence-corrected chi connectivity index (χ0v) is 15.3. The van der Waals surface area contributed by atoms with Gasteiger partial charge in [-0.15, -0.1) is 12.1 Å². The fourth-order valence-electron chi connectivity index (χ4n) is 1.90. The maximum atomic E-state index is 12.2. The van der Waals surface area contributed by atoms with E-state index in [0.717, 1.165) is 9.80 Å². The molecule has 108 valence electrons. The summed E-state index contributed by atoms with van der Waals surface area (Å²) < 4.78 is 4.51. The van der Waals surface area contributed by atoms with Crippen LogP contribution in [0.15, 0.2) is 36.4 Å². The number of urea groups is 1. The monoisotopic (exact) mass is 326 g/mol. The Morgan fingerprint density at radius 1 is 1.14 bits per heavy atom. The van der Waals surface area contributed by atoms with Gasteiger partial charge in [0.05, 0.1) is 11.3 Å². The van der Waals surface area contributed by atoms with Gasteiger partial charge in [0, 0.05) is 6.54 Å². The van der Waals surface area contributed by atoms with Crippen LogP contribution in [0.3, 0.4) is 0 Å². The van der Waals surface area contributed by atoms with E-state index >= 15 is 0 Å². The Kier molecular flexibility index (Phi) is 6.63. The van der Waals surface area contributed by atoms with Crippen LogP contribution in [-0.2, 0) is 14.4 Å². The van der Waals surface area contributed by atoms with Gasteiger partial charge < -0.3 is 9.53 Å². The first-order valence-electron chi connectivity index (χ1n) is 6.04. The number of imide groups is 2. The van der Waals surface area contributed by atoms with Crippen LogP contribution in [0.2, 0.25) is 0 Å². The Hall–Kier alpha value is -1.32. The van der Waals surface area contributed by atoms with E-state index in [1.165, 1.54) is 30.7 Å². The number of anilines is 1. The first-order chi connectivity index (χ1) is 10.0. The summed E-state index contributed by atoms with van der Waals surface area (Å²) in [5, 5.41) is 0. The van der Waals surface area contributed by atoms with Gasteiger partial charge in [-0.05, 0) is 12.7 Å². The number of hydrogen-bond acceptors (Lipinski definition) is 5. The number of hydrogen-bond donors (Lipinski definition) is 0. The van der Waals surface area contributed by atoms with E-state index < -0.39 is 17.8 Å². The Labute approximate surface area is 169 Å². The van der Waals surface area contributed by atoms with Gasteiger partial charge in [-0.2, -0.15) is 0 Å². The van der Waals surface area contributed by atoms with E-state index in [4.69, 9.17) is 0 Å². The summed E-state index contributed by atoms with van der Waals surface area (Å²) in [5.41, 5.74) is -0.0339. The smallest absolute Gasteiger partial charge is 0.610 e. The summed E-state index contributed by atoms with van der Waals surface area (Å²) in [4.78, 5) is 48.0. The minimum absolute atomic E-state index is 0. The predicted octanol–water partition coefficient (Wildman–Crippen LogP) is -1.99. The molecule has 1 aromatic carbocycles. The molecule has 1 saturated heterocycles. The molecule has 1 aliphatic rings. The third-order valence-electron chi connectivity index (χ3n) is 2.96. The Morgan fingerprint density at radius 2 is 1.73 bits per heavy atom. The number of rotatable bonds is 4. The van der Waals surface area contributed by atoms with E-state index in [1.807, 2.05) is 0 Å². The Morgan fingerprint density at radius 3 is 2.23 bits per heavy atom. The van der Waals surface area contributed by atoms with Gasteiger partial charge in [0.25, 0.3) is 11.8 Å². The second-order valence-electron chi connectivity index (χ2n) is 4.13. The molecule has 7 nitrogen and oxygen atoms in total. The number of barbiturate groups is 1. The SMILES string of the molecule is C=C1C(=O)N(CC)C(=O)N(c2ccc(O[C-]=O)cc2)C1=O.[K+]. The molecule has 2 rings (SSSR count). The van der Waals surface area contributed by atoms with E-state index in [-0.39, 0.29) is 74.9 Å². The van der Waals surface area contributed by atoms with Crippen LogP contribution < -0.4 is 61.0 Å². The average molecular weight is 326 g/mol. The molecule has 8 heteroatoms. The first kappa shape index (κ1) is 18.7. The molecule has 0 N–H and O–H groups in total. The van der Waals surface area contributed by atoms with Crippen molar-refractivity contribution in [2.45, 2.75) is 6.92 Å². The van der Waals surface area contributed by atoms with Gasteiger partial charge in [0.1, 0.15) is 0 Å². The van der Waals surface area contributed by atoms with E-state index in [0.29, 0.717) is 0 Å². The number of nitrogens with zero attached hydrogens (tertiary/aromatic N) is 2. The zero-order chi connectivity index (χ0) is 15.6. The summed E-state index contributed by atoms with van der Waals surface area (Å²) >= 11 is 0. The van der Waals surface area contributed by atoms with Crippen LogP contribution in [0, 0.1) is 0 Å². The molecule has 1 aliphatic heterocycles. The van der Waals surface area contributed by atoms with Gasteiger partial charge in [-0.25, -0.2) is 9.69 Å². The van der Waals surface area contributed by atoms with Gasteiger partial charge in [0.2, 0.25) is 0 Å². The molecular weight excluding hydrogens is 315 g/mol. The largest absolute Gasteiger partial charge is 1.00 e. The van der Waals surface area contributed by atoms with Gasteiger partial charge in [-0.1, -0.05) is 18.7 Å². The fourth-order valence-corrected chi connectivity index (χ4v) is 1.90. The van der Waals surface area contributed by atoms with Crippen LogP contribution >= 0.6 is 0 Å². The van der Waals surface area contributed by atoms with Crippen molar-refractivity contribution < 1.29 is 75.3 Å². The molecule has 0 aromatic heterocycles. The minimum atomic E-state index is -0.773. The zero-order valence-electron chi connectivity index (χ0n) is 12.2. The molecule has 4 amide bonds. The number of carbonyl (C=O) groups excluding carboxylic acids is 4. The number of ether oxygens (including phenoxy) is 1. The minimum Gasteiger partial charge on any atom is -0.610 e. The van der Waals surface area contributed by atoms with Crippen molar-refractivity contribution in [3.05, 3.63) is 36.4 Å². The Balaban J connectivity index is 0.00000242. The number of benzene rings is 1. The summed E-state index contributed by atoms with van der Waals surface area (Å²) in [5.74, 6) is -1.25. The summed E-state index contributed by atoms with van der Waals surface area (Å²) in [7, 11) is 0. The average Bonchev–Trinajstić information content (AvgIpc) is 2.48. The van der Waals surface area contributed by atoms with Crippen molar-refractivity contribution >= 4 is 30.0 Å². The summed E-state index contributed by atoms with van der Waals surface area (Å²) in [6, 6.07) is 4.89. The standard InChI is InChI=1S/C14H11N2O5.K/c1-3-15-12(18)9(2)13(19)16(14(15)20)10-4-6-11(7-5-10)21-8-17;/h4-7H,2-3H2,1H3;/q-1;+1. The summed E-state index contributed by atoms with van der Waals surface area (Å²) in [6.07, 6.45) is 0. The molecule has 1 aromatic rings. The number of amides is 4. The van der Waals surface area contributed by atoms with Crippen molar-refractivity contribution in [2.75, 3.05) is 11.4 Å². The molecule has 0 bridgehead atoms. The van der Waals surface area contributed by atoms with Crippen LogP contribution in [0.1, 0.15) is 6.92 Å². The van der Waals surface area contributed by atoms with Crippen LogP contribution in [-0.4, -0.2) is 35.8 Å². The number of carbonyl (C=O) groups is 3. The van der Waals surface area contributed by atoms with Gasteiger partial charge >= 0.3 is 57.4 Å². The van der Waals surface area contributed by atoms with Crippen molar-refractivity contribution in [3.8, 4) is 5.75 Å². The van der Waals surface area contributed by atoms with Gasteiger partial charge in [0.15, 0.2) is 6.47 Å². The molecule has 0 aliphatic carbocycles. The summed E-state index contributed by atoms with van der Waals surface area (Å²) in [6.45, 7) is 6.43. The van der Waals surface area contributed by atoms with Gasteiger partial charge in [-0.3, -0.25) is 14.5 Å². The molecule has 0 radical (unpaired) electrons. The molecular formula is C14H11KN2O5. The maximum absolute atomic E-state index is 12.2. The topological polar surface area (TPSA) is 84.0 Å². The van der Waals surface area contributed by atoms with E-state index in [9.17, 15) is 19.2 Å². The Bertz CT molecular complexity index is 641. The molecule has 0 unspecified atom stereocenters. The first-order valence-corrected chi connectivity index (χ1v) is 6.04. The molecule has 0 atom stereocenters. The number of likely N-dealkylation sites (N-methyl/N-ethyl adjacent to an activating group) is 1. The maximum Gasteiger partial charge on any atom is 1.00 e. The van der Waals surface area contributed by atoms with E-state index in [1.54, 1.807) is 6.92 Å². The normalized spacial score (nSPS) is 14.8. The quantitative estimate of drug-likeness (QED) is 0.277. The molecule has 1 heterocycles.